The summed E-state index contributed by atoms with van der Waals surface area (Å²) in [5.74, 6) is 0. The number of fused-ring (bicyclic) bond motifs is 3. The van der Waals surface area contributed by atoms with Gasteiger partial charge in [-0.2, -0.15) is 0 Å². The van der Waals surface area contributed by atoms with E-state index in [0.717, 1.165) is 6.61 Å². The van der Waals surface area contributed by atoms with Crippen molar-refractivity contribution in [3.8, 4) is 0 Å². The van der Waals surface area contributed by atoms with Gasteiger partial charge in [-0.25, -0.2) is 0 Å². The molecule has 0 aromatic carbocycles. The molecule has 4 unspecified atom stereocenters. The molecule has 8 heavy (non-hydrogen) atoms. The predicted octanol–water partition coefficient (Wildman–Crippen LogP) is -0.491. The van der Waals surface area contributed by atoms with Crippen LogP contribution in [0.5, 0.6) is 0 Å². The van der Waals surface area contributed by atoms with Gasteiger partial charge in [-0.1, -0.05) is 0 Å². The molecule has 0 aliphatic carbocycles. The van der Waals surface area contributed by atoms with Crippen molar-refractivity contribution < 1.29 is 14.2 Å². The lowest BCUT2D eigenvalue weighted by atomic mass is 10.2. The first-order chi connectivity index (χ1) is 3.95. The second-order valence-electron chi connectivity index (χ2n) is 2.44. The summed E-state index contributed by atoms with van der Waals surface area (Å²) < 4.78 is 15.4. The minimum absolute atomic E-state index is 0.0961. The summed E-state index contributed by atoms with van der Waals surface area (Å²) in [6, 6.07) is 0. The van der Waals surface area contributed by atoms with Gasteiger partial charge < -0.3 is 14.2 Å². The van der Waals surface area contributed by atoms with Gasteiger partial charge in [0.2, 0.25) is 0 Å². The summed E-state index contributed by atoms with van der Waals surface area (Å²) >= 11 is 0. The van der Waals surface area contributed by atoms with Crippen LogP contribution >= 0.6 is 0 Å². The Morgan fingerprint density at radius 3 is 3.00 bits per heavy atom. The fourth-order valence-electron chi connectivity index (χ4n) is 1.25. The highest BCUT2D eigenvalue weighted by atomic mass is 16.8. The third kappa shape index (κ3) is 0.321. The maximum absolute atomic E-state index is 5.18. The molecule has 0 spiro atoms. The van der Waals surface area contributed by atoms with Crippen LogP contribution in [0.1, 0.15) is 0 Å². The van der Waals surface area contributed by atoms with Gasteiger partial charge in [-0.05, 0) is 0 Å². The largest absolute Gasteiger partial charge is 0.364 e. The van der Waals surface area contributed by atoms with E-state index < -0.39 is 0 Å². The van der Waals surface area contributed by atoms with Crippen molar-refractivity contribution in [1.82, 2.24) is 0 Å². The summed E-state index contributed by atoms with van der Waals surface area (Å²) in [5, 5.41) is 0. The monoisotopic (exact) mass is 114 g/mol. The molecule has 0 amide bonds. The lowest BCUT2D eigenvalue weighted by molar-refractivity contribution is 0.0403. The van der Waals surface area contributed by atoms with E-state index in [-0.39, 0.29) is 6.29 Å². The van der Waals surface area contributed by atoms with E-state index in [1.807, 2.05) is 0 Å². The van der Waals surface area contributed by atoms with Crippen LogP contribution in [0.2, 0.25) is 0 Å². The standard InChI is InChI=1S/C5H6O3/c1-2-3(7-2)4-5(6-1)8-4/h2-5H,1H2. The SMILES string of the molecule is C1OC2OC2C2OC12. The molecule has 3 rings (SSSR count). The van der Waals surface area contributed by atoms with Crippen LogP contribution in [-0.2, 0) is 14.2 Å². The third-order valence-electron chi connectivity index (χ3n) is 1.85. The van der Waals surface area contributed by atoms with Crippen molar-refractivity contribution in [1.29, 1.82) is 0 Å². The normalized spacial score (nSPS) is 66.0. The first kappa shape index (κ1) is 3.82. The van der Waals surface area contributed by atoms with Crippen LogP contribution < -0.4 is 0 Å². The lowest BCUT2D eigenvalue weighted by Crippen LogP contribution is -2.18. The molecule has 3 aliphatic rings. The van der Waals surface area contributed by atoms with Crippen LogP contribution in [-0.4, -0.2) is 31.2 Å². The highest BCUT2D eigenvalue weighted by molar-refractivity contribution is 5.03. The Morgan fingerprint density at radius 1 is 1.12 bits per heavy atom. The predicted molar refractivity (Wildman–Crippen MR) is 23.3 cm³/mol. The van der Waals surface area contributed by atoms with Gasteiger partial charge >= 0.3 is 0 Å². The van der Waals surface area contributed by atoms with E-state index >= 15 is 0 Å². The Balaban J connectivity index is 1.89. The topological polar surface area (TPSA) is 34.3 Å². The fraction of sp³-hybridized carbons (Fsp3) is 1.00. The molecule has 3 fully saturated rings. The average Bonchev–Trinajstić information content (AvgIpc) is 2.59. The molecule has 4 atom stereocenters. The molecule has 3 saturated heterocycles. The second kappa shape index (κ2) is 0.943. The van der Waals surface area contributed by atoms with Crippen LogP contribution in [0.4, 0.5) is 0 Å². The van der Waals surface area contributed by atoms with Crippen molar-refractivity contribution in [3.63, 3.8) is 0 Å². The van der Waals surface area contributed by atoms with Gasteiger partial charge in [0.05, 0.1) is 6.61 Å². The van der Waals surface area contributed by atoms with Crippen LogP contribution in [0, 0.1) is 0 Å². The van der Waals surface area contributed by atoms with Gasteiger partial charge in [0.15, 0.2) is 6.29 Å². The molecule has 44 valence electrons. The van der Waals surface area contributed by atoms with E-state index in [1.165, 1.54) is 0 Å². The smallest absolute Gasteiger partial charge is 0.187 e. The molecular formula is C5H6O3. The van der Waals surface area contributed by atoms with Gasteiger partial charge in [-0.15, -0.1) is 0 Å². The summed E-state index contributed by atoms with van der Waals surface area (Å²) in [6.45, 7) is 0.742. The van der Waals surface area contributed by atoms with Crippen LogP contribution in [0.15, 0.2) is 0 Å². The summed E-state index contributed by atoms with van der Waals surface area (Å²) in [6.07, 6.45) is 1.17. The summed E-state index contributed by atoms with van der Waals surface area (Å²) in [4.78, 5) is 0. The molecule has 3 aliphatic heterocycles. The van der Waals surface area contributed by atoms with Gasteiger partial charge in [-0.3, -0.25) is 0 Å². The number of hydrogen-bond acceptors (Lipinski definition) is 3. The molecule has 0 bridgehead atoms. The van der Waals surface area contributed by atoms with Crippen LogP contribution in [0.25, 0.3) is 0 Å². The second-order valence-corrected chi connectivity index (χ2v) is 2.44. The summed E-state index contributed by atoms with van der Waals surface area (Å²) in [7, 11) is 0. The van der Waals surface area contributed by atoms with Crippen molar-refractivity contribution in [2.45, 2.75) is 24.6 Å². The first-order valence-corrected chi connectivity index (χ1v) is 2.88. The zero-order valence-corrected chi connectivity index (χ0v) is 4.24. The van der Waals surface area contributed by atoms with E-state index in [0.29, 0.717) is 18.3 Å². The number of hydrogen-bond donors (Lipinski definition) is 0. The molecule has 0 aromatic rings. The Labute approximate surface area is 46.5 Å². The van der Waals surface area contributed by atoms with E-state index in [9.17, 15) is 0 Å². The first-order valence-electron chi connectivity index (χ1n) is 2.88. The van der Waals surface area contributed by atoms with Crippen molar-refractivity contribution in [2.24, 2.45) is 0 Å². The van der Waals surface area contributed by atoms with Gasteiger partial charge in [0.1, 0.15) is 18.3 Å². The molecular weight excluding hydrogens is 108 g/mol. The number of ether oxygens (including phenoxy) is 3. The lowest BCUT2D eigenvalue weighted by Gasteiger charge is -1.98. The molecule has 0 radical (unpaired) electrons. The quantitative estimate of drug-likeness (QED) is 0.398. The molecule has 3 heterocycles. The van der Waals surface area contributed by atoms with Crippen LogP contribution in [0.3, 0.4) is 0 Å². The Bertz CT molecular complexity index is 120. The van der Waals surface area contributed by atoms with E-state index in [1.54, 1.807) is 0 Å². The fourth-order valence-corrected chi connectivity index (χ4v) is 1.25. The Hall–Kier alpha value is -0.120. The van der Waals surface area contributed by atoms with Gasteiger partial charge in [0, 0.05) is 0 Å². The molecule has 0 N–H and O–H groups in total. The Morgan fingerprint density at radius 2 is 2.12 bits per heavy atom. The van der Waals surface area contributed by atoms with Crippen molar-refractivity contribution >= 4 is 0 Å². The van der Waals surface area contributed by atoms with Crippen molar-refractivity contribution in [2.75, 3.05) is 6.61 Å². The highest BCUT2D eigenvalue weighted by Gasteiger charge is 2.62. The summed E-state index contributed by atoms with van der Waals surface area (Å²) in [5.41, 5.74) is 0. The maximum atomic E-state index is 5.18. The minimum Gasteiger partial charge on any atom is -0.364 e. The van der Waals surface area contributed by atoms with E-state index in [2.05, 4.69) is 0 Å². The average molecular weight is 114 g/mol. The maximum Gasteiger partial charge on any atom is 0.187 e. The molecule has 3 heteroatoms. The number of rotatable bonds is 0. The van der Waals surface area contributed by atoms with E-state index in [4.69, 9.17) is 14.2 Å². The van der Waals surface area contributed by atoms with Gasteiger partial charge in [0.25, 0.3) is 0 Å². The number of epoxide rings is 2. The molecule has 3 nitrogen and oxygen atoms in total. The zero-order valence-electron chi connectivity index (χ0n) is 4.24. The highest BCUT2D eigenvalue weighted by Crippen LogP contribution is 2.43. The molecule has 0 aromatic heterocycles. The van der Waals surface area contributed by atoms with Crippen molar-refractivity contribution in [3.05, 3.63) is 0 Å². The Kier molecular flexibility index (Phi) is 0.451. The zero-order chi connectivity index (χ0) is 5.14. The third-order valence-corrected chi connectivity index (χ3v) is 1.85. The molecule has 0 saturated carbocycles. The minimum atomic E-state index is 0.0961.